The Kier molecular flexibility index (Phi) is 3.02. The number of thiophene rings is 1. The largest absolute Gasteiger partial charge is 0.481 e. The molecule has 15 heavy (non-hydrogen) atoms. The number of carbonyl (C=O) groups is 1. The van der Waals surface area contributed by atoms with Crippen LogP contribution < -0.4 is 0 Å². The number of benzene rings is 1. The van der Waals surface area contributed by atoms with Gasteiger partial charge in [0, 0.05) is 11.1 Å². The van der Waals surface area contributed by atoms with Crippen molar-refractivity contribution in [1.82, 2.24) is 0 Å². The van der Waals surface area contributed by atoms with Gasteiger partial charge in [-0.1, -0.05) is 18.2 Å². The highest BCUT2D eigenvalue weighted by Gasteiger charge is 2.04. The lowest BCUT2D eigenvalue weighted by Gasteiger charge is -1.97. The second-order valence-electron chi connectivity index (χ2n) is 3.50. The number of rotatable bonds is 4. The maximum absolute atomic E-state index is 10.4. The van der Waals surface area contributed by atoms with E-state index in [1.807, 2.05) is 12.1 Å². The summed E-state index contributed by atoms with van der Waals surface area (Å²) in [6.07, 6.45) is 1.83. The van der Waals surface area contributed by atoms with Gasteiger partial charge >= 0.3 is 5.97 Å². The van der Waals surface area contributed by atoms with Gasteiger partial charge in [-0.15, -0.1) is 11.3 Å². The first-order chi connectivity index (χ1) is 7.27. The van der Waals surface area contributed by atoms with Gasteiger partial charge in [0.25, 0.3) is 0 Å². The molecule has 0 aliphatic heterocycles. The Hall–Kier alpha value is -1.35. The predicted molar refractivity (Wildman–Crippen MR) is 62.4 cm³/mol. The summed E-state index contributed by atoms with van der Waals surface area (Å²) >= 11 is 1.73. The molecular formula is C12H12O2S. The Morgan fingerprint density at radius 3 is 2.93 bits per heavy atom. The molecule has 0 saturated carbocycles. The molecule has 0 unspecified atom stereocenters. The molecule has 0 bridgehead atoms. The van der Waals surface area contributed by atoms with Crippen LogP contribution in [0.1, 0.15) is 18.4 Å². The average Bonchev–Trinajstić information content (AvgIpc) is 2.62. The van der Waals surface area contributed by atoms with E-state index in [0.29, 0.717) is 0 Å². The molecule has 0 spiro atoms. The fourth-order valence-corrected chi connectivity index (χ4v) is 2.65. The molecule has 1 aromatic carbocycles. The average molecular weight is 220 g/mol. The van der Waals surface area contributed by atoms with Crippen LogP contribution in [0.25, 0.3) is 10.1 Å². The summed E-state index contributed by atoms with van der Waals surface area (Å²) in [5.41, 5.74) is 1.27. The highest BCUT2D eigenvalue weighted by molar-refractivity contribution is 7.17. The second-order valence-corrected chi connectivity index (χ2v) is 4.42. The minimum atomic E-state index is -0.713. The van der Waals surface area contributed by atoms with Crippen molar-refractivity contribution in [2.75, 3.05) is 0 Å². The van der Waals surface area contributed by atoms with Crippen LogP contribution in [-0.2, 0) is 11.2 Å². The Balaban J connectivity index is 2.11. The number of fused-ring (bicyclic) bond motifs is 1. The minimum absolute atomic E-state index is 0.254. The zero-order valence-electron chi connectivity index (χ0n) is 8.27. The van der Waals surface area contributed by atoms with Crippen LogP contribution in [0.4, 0.5) is 0 Å². The molecule has 3 heteroatoms. The van der Waals surface area contributed by atoms with Gasteiger partial charge in [0.1, 0.15) is 0 Å². The fraction of sp³-hybridized carbons (Fsp3) is 0.250. The standard InChI is InChI=1S/C12H12O2S/c13-12(14)7-3-4-9-8-15-11-6-2-1-5-10(9)11/h1-2,5-6,8H,3-4,7H2,(H,13,14). The molecule has 0 atom stereocenters. The minimum Gasteiger partial charge on any atom is -0.481 e. The van der Waals surface area contributed by atoms with Gasteiger partial charge in [0.2, 0.25) is 0 Å². The van der Waals surface area contributed by atoms with Crippen molar-refractivity contribution in [3.05, 3.63) is 35.2 Å². The van der Waals surface area contributed by atoms with Crippen LogP contribution in [0.3, 0.4) is 0 Å². The lowest BCUT2D eigenvalue weighted by molar-refractivity contribution is -0.137. The highest BCUT2D eigenvalue weighted by Crippen LogP contribution is 2.26. The van der Waals surface area contributed by atoms with Crippen molar-refractivity contribution in [2.45, 2.75) is 19.3 Å². The molecule has 0 radical (unpaired) electrons. The number of carboxylic acids is 1. The molecule has 2 aromatic rings. The van der Waals surface area contributed by atoms with E-state index in [1.54, 1.807) is 11.3 Å². The summed E-state index contributed by atoms with van der Waals surface area (Å²) in [7, 11) is 0. The topological polar surface area (TPSA) is 37.3 Å². The molecule has 0 amide bonds. The summed E-state index contributed by atoms with van der Waals surface area (Å²) in [5, 5.41) is 12.0. The summed E-state index contributed by atoms with van der Waals surface area (Å²) in [6.45, 7) is 0. The normalized spacial score (nSPS) is 10.7. The molecule has 0 aliphatic carbocycles. The fourth-order valence-electron chi connectivity index (χ4n) is 1.66. The predicted octanol–water partition coefficient (Wildman–Crippen LogP) is 3.31. The first-order valence-corrected chi connectivity index (χ1v) is 5.82. The van der Waals surface area contributed by atoms with Crippen LogP contribution >= 0.6 is 11.3 Å². The van der Waals surface area contributed by atoms with Gasteiger partial charge < -0.3 is 5.11 Å². The molecule has 0 saturated heterocycles. The van der Waals surface area contributed by atoms with E-state index in [-0.39, 0.29) is 6.42 Å². The van der Waals surface area contributed by atoms with Crippen molar-refractivity contribution in [2.24, 2.45) is 0 Å². The third-order valence-electron chi connectivity index (χ3n) is 2.40. The Morgan fingerprint density at radius 1 is 1.33 bits per heavy atom. The number of hydrogen-bond donors (Lipinski definition) is 1. The van der Waals surface area contributed by atoms with Gasteiger partial charge in [-0.25, -0.2) is 0 Å². The summed E-state index contributed by atoms with van der Waals surface area (Å²) in [5.74, 6) is -0.713. The Labute approximate surface area is 92.2 Å². The molecule has 1 aromatic heterocycles. The monoisotopic (exact) mass is 220 g/mol. The van der Waals surface area contributed by atoms with Gasteiger partial charge in [-0.05, 0) is 35.2 Å². The lowest BCUT2D eigenvalue weighted by atomic mass is 10.1. The maximum atomic E-state index is 10.4. The molecule has 1 N–H and O–H groups in total. The molecule has 78 valence electrons. The van der Waals surface area contributed by atoms with Crippen LogP contribution in [0.15, 0.2) is 29.6 Å². The van der Waals surface area contributed by atoms with Gasteiger partial charge in [-0.3, -0.25) is 4.79 Å². The third-order valence-corrected chi connectivity index (χ3v) is 3.41. The molecular weight excluding hydrogens is 208 g/mol. The quantitative estimate of drug-likeness (QED) is 0.858. The SMILES string of the molecule is O=C(O)CCCc1csc2ccccc12. The van der Waals surface area contributed by atoms with Crippen molar-refractivity contribution >= 4 is 27.4 Å². The van der Waals surface area contributed by atoms with Crippen molar-refractivity contribution < 1.29 is 9.90 Å². The second kappa shape index (κ2) is 4.45. The first-order valence-electron chi connectivity index (χ1n) is 4.94. The zero-order valence-corrected chi connectivity index (χ0v) is 9.09. The van der Waals surface area contributed by atoms with Gasteiger partial charge in [0.05, 0.1) is 0 Å². The first kappa shape index (κ1) is 10.2. The lowest BCUT2D eigenvalue weighted by Crippen LogP contribution is -1.95. The van der Waals surface area contributed by atoms with E-state index in [4.69, 9.17) is 5.11 Å². The Bertz CT molecular complexity index is 473. The van der Waals surface area contributed by atoms with Crippen LogP contribution in [-0.4, -0.2) is 11.1 Å². The van der Waals surface area contributed by atoms with E-state index >= 15 is 0 Å². The Morgan fingerprint density at radius 2 is 2.13 bits per heavy atom. The van der Waals surface area contributed by atoms with E-state index in [1.165, 1.54) is 15.6 Å². The summed E-state index contributed by atoms with van der Waals surface area (Å²) < 4.78 is 1.28. The number of aryl methyl sites for hydroxylation is 1. The van der Waals surface area contributed by atoms with E-state index in [9.17, 15) is 4.79 Å². The van der Waals surface area contributed by atoms with Crippen LogP contribution in [0.5, 0.6) is 0 Å². The van der Waals surface area contributed by atoms with Gasteiger partial charge in [-0.2, -0.15) is 0 Å². The van der Waals surface area contributed by atoms with Crippen LogP contribution in [0.2, 0.25) is 0 Å². The van der Waals surface area contributed by atoms with Crippen molar-refractivity contribution in [3.63, 3.8) is 0 Å². The summed E-state index contributed by atoms with van der Waals surface area (Å²) in [6, 6.07) is 8.25. The van der Waals surface area contributed by atoms with E-state index < -0.39 is 5.97 Å². The molecule has 0 fully saturated rings. The molecule has 2 nitrogen and oxygen atoms in total. The number of carboxylic acid groups (broad SMARTS) is 1. The van der Waals surface area contributed by atoms with E-state index in [2.05, 4.69) is 17.5 Å². The molecule has 1 heterocycles. The van der Waals surface area contributed by atoms with Crippen LogP contribution in [0, 0.1) is 0 Å². The van der Waals surface area contributed by atoms with Crippen molar-refractivity contribution in [3.8, 4) is 0 Å². The number of aliphatic carboxylic acids is 1. The van der Waals surface area contributed by atoms with Gasteiger partial charge in [0.15, 0.2) is 0 Å². The third kappa shape index (κ3) is 2.36. The van der Waals surface area contributed by atoms with E-state index in [0.717, 1.165) is 12.8 Å². The number of hydrogen-bond acceptors (Lipinski definition) is 2. The maximum Gasteiger partial charge on any atom is 0.303 e. The molecule has 0 aliphatic rings. The highest BCUT2D eigenvalue weighted by atomic mass is 32.1. The van der Waals surface area contributed by atoms with Crippen molar-refractivity contribution in [1.29, 1.82) is 0 Å². The smallest absolute Gasteiger partial charge is 0.303 e. The zero-order chi connectivity index (χ0) is 10.7. The molecule has 2 rings (SSSR count). The summed E-state index contributed by atoms with van der Waals surface area (Å²) in [4.78, 5) is 10.4.